The second kappa shape index (κ2) is 49.2. The van der Waals surface area contributed by atoms with E-state index in [1.54, 1.807) is 122 Å². The highest BCUT2D eigenvalue weighted by molar-refractivity contribution is 6.37. The highest BCUT2D eigenvalue weighted by Crippen LogP contribution is 2.42. The summed E-state index contributed by atoms with van der Waals surface area (Å²) in [5.74, 6) is 0.454. The van der Waals surface area contributed by atoms with Crippen LogP contribution >= 0.6 is 81.2 Å². The molecule has 25 nitrogen and oxygen atoms in total. The topological polar surface area (TPSA) is 263 Å². The number of halogens is 11. The molecule has 36 heteroatoms. The number of ether oxygens (including phenoxy) is 8. The van der Waals surface area contributed by atoms with Gasteiger partial charge in [-0.2, -0.15) is 15.3 Å². The molecule has 4 atom stereocenters. The maximum atomic E-state index is 15.3. The minimum absolute atomic E-state index is 0.205. The molecule has 1 unspecified atom stereocenters. The Bertz CT molecular complexity index is 6560. The Kier molecular flexibility index (Phi) is 35.3. The van der Waals surface area contributed by atoms with Crippen LogP contribution in [0.5, 0.6) is 23.0 Å². The van der Waals surface area contributed by atoms with Crippen molar-refractivity contribution in [2.75, 3.05) is 105 Å². The van der Waals surface area contributed by atoms with Crippen LogP contribution in [0.15, 0.2) is 218 Å². The highest BCUT2D eigenvalue weighted by atomic mass is 35.5. The summed E-state index contributed by atoms with van der Waals surface area (Å²) in [6.07, 6.45) is 17.4. The van der Waals surface area contributed by atoms with Crippen LogP contribution in [0.1, 0.15) is 153 Å². The molecular formula is C108H102Cl7F4N17O8. The van der Waals surface area contributed by atoms with Gasteiger partial charge in [0.2, 0.25) is 0 Å². The Balaban J connectivity index is 0.000000132. The molecule has 0 saturated carbocycles. The summed E-state index contributed by atoms with van der Waals surface area (Å²) in [5, 5.41) is 26.6. The van der Waals surface area contributed by atoms with Gasteiger partial charge in [0.1, 0.15) is 76.0 Å². The summed E-state index contributed by atoms with van der Waals surface area (Å²) in [4.78, 5) is 39.7. The molecule has 20 rings (SSSR count). The molecule has 5 aliphatic rings. The number of benzene rings is 6. The van der Waals surface area contributed by atoms with Crippen LogP contribution in [-0.2, 0) is 51.7 Å². The fourth-order valence-corrected chi connectivity index (χ4v) is 19.6. The molecule has 4 fully saturated rings. The molecule has 0 bridgehead atoms. The van der Waals surface area contributed by atoms with E-state index in [9.17, 15) is 0 Å². The zero-order valence-corrected chi connectivity index (χ0v) is 84.6. The van der Waals surface area contributed by atoms with Gasteiger partial charge in [-0.15, -0.1) is 0 Å². The molecule has 14 heterocycles. The Morgan fingerprint density at radius 1 is 0.347 bits per heavy atom. The second-order valence-corrected chi connectivity index (χ2v) is 37.7. The van der Waals surface area contributed by atoms with Crippen LogP contribution < -0.4 is 18.9 Å². The average Bonchev–Trinajstić information content (AvgIpc) is 1.64. The van der Waals surface area contributed by atoms with E-state index in [1.807, 2.05) is 107 Å². The first kappa shape index (κ1) is 103. The number of aliphatic imine (C=N–C) groups is 1. The van der Waals surface area contributed by atoms with E-state index in [1.165, 1.54) is 36.7 Å². The van der Waals surface area contributed by atoms with Crippen molar-refractivity contribution < 1.29 is 55.5 Å². The number of hydrogen-bond donors (Lipinski definition) is 3. The number of aryl methyl sites for hydroxylation is 1. The number of morpholine rings is 4. The third-order valence-electron chi connectivity index (χ3n) is 24.7. The van der Waals surface area contributed by atoms with Gasteiger partial charge in [0.25, 0.3) is 0 Å². The maximum absolute atomic E-state index is 15.3. The lowest BCUT2D eigenvalue weighted by Gasteiger charge is -2.26. The van der Waals surface area contributed by atoms with Crippen molar-refractivity contribution in [2.45, 2.75) is 91.8 Å². The third-order valence-corrected chi connectivity index (χ3v) is 26.9. The molecule has 15 aromatic rings. The summed E-state index contributed by atoms with van der Waals surface area (Å²) in [7, 11) is 0. The lowest BCUT2D eigenvalue weighted by molar-refractivity contribution is 0.0336. The summed E-state index contributed by atoms with van der Waals surface area (Å²) in [6, 6.07) is 47.5. The van der Waals surface area contributed by atoms with E-state index in [4.69, 9.17) is 119 Å². The predicted molar refractivity (Wildman–Crippen MR) is 560 cm³/mol. The molecule has 0 amide bonds. The van der Waals surface area contributed by atoms with Crippen LogP contribution in [-0.4, -0.2) is 191 Å². The monoisotopic (exact) mass is 2090 g/mol. The summed E-state index contributed by atoms with van der Waals surface area (Å²) < 4.78 is 107. The average molecular weight is 2090 g/mol. The zero-order valence-electron chi connectivity index (χ0n) is 79.3. The van der Waals surface area contributed by atoms with Crippen molar-refractivity contribution in [1.29, 1.82) is 0 Å². The number of allylic oxidation sites excluding steroid dienone is 1. The van der Waals surface area contributed by atoms with E-state index < -0.39 is 41.6 Å². The first-order chi connectivity index (χ1) is 69.9. The Morgan fingerprint density at radius 3 is 0.958 bits per heavy atom. The van der Waals surface area contributed by atoms with Crippen molar-refractivity contribution >= 4 is 161 Å². The fraction of sp³-hybridized carbons (Fsp3) is 0.278. The first-order valence-corrected chi connectivity index (χ1v) is 49.6. The molecule has 0 radical (unpaired) electrons. The van der Waals surface area contributed by atoms with Gasteiger partial charge in [-0.25, -0.2) is 17.6 Å². The number of pyridine rings is 6. The standard InChI is InChI=1S/3C27H25Cl2FN4O2.C27H27ClFN5O2/c1-17(26-23(28)14-31-15-24(26)29)36-21-5-3-19-13-33-27(22(19)11-21)25(30)10-18-2-4-20(32-12-18)16-34-6-8-35-9-7-34;2*1-17(26-22(28)3-2-4-23(26)29)36-20-7-8-25-21(14-20)27(33-32-25)24(30)13-18-5-6-19(31-15-18)16-34-9-11-35-12-10-34;1-17-13-30-15-23(28)26(17)18(2)36-21-5-6-25-22(12-21)27(33-32-25)24(29)11-19-3-4-20(31-14-19)16-34-7-9-35-10-8-34/h2-5,10-12,14-15,17H,6-9,13,16H2,1H3;2*2-8,13-15,17H,9-12,16H2,1H3,(H,32,33);3-6,11-15,18H,7-10,16H2,1-2H3,(H,32,33)/b25-10-;2*24-13+;24-11-/t3*17-;/m110./s1. The summed E-state index contributed by atoms with van der Waals surface area (Å²) in [6.45, 7) is 25.9. The summed E-state index contributed by atoms with van der Waals surface area (Å²) >= 11 is 44.2. The normalized spacial score (nSPS) is 16.1. The number of hydrogen-bond acceptors (Lipinski definition) is 22. The fourth-order valence-electron chi connectivity index (χ4n) is 17.2. The number of fused-ring (bicyclic) bond motifs is 4. The van der Waals surface area contributed by atoms with Crippen LogP contribution in [0.3, 0.4) is 0 Å². The quantitative estimate of drug-likeness (QED) is 0.0385. The van der Waals surface area contributed by atoms with E-state index in [-0.39, 0.29) is 23.2 Å². The van der Waals surface area contributed by atoms with Crippen LogP contribution in [0, 0.1) is 6.92 Å². The molecule has 0 aliphatic carbocycles. The molecule has 0 spiro atoms. The van der Waals surface area contributed by atoms with Crippen LogP contribution in [0.4, 0.5) is 17.6 Å². The Hall–Kier alpha value is -12.1. The van der Waals surface area contributed by atoms with Crippen molar-refractivity contribution in [1.82, 2.24) is 80.1 Å². The van der Waals surface area contributed by atoms with Gasteiger partial charge < -0.3 is 37.9 Å². The molecular weight excluding hydrogens is 1990 g/mol. The van der Waals surface area contributed by atoms with Crippen molar-refractivity contribution in [3.63, 3.8) is 0 Å². The van der Waals surface area contributed by atoms with Gasteiger partial charge in [-0.1, -0.05) is 124 Å². The smallest absolute Gasteiger partial charge is 0.151 e. The van der Waals surface area contributed by atoms with Gasteiger partial charge in [-0.05, 0) is 208 Å². The van der Waals surface area contributed by atoms with Gasteiger partial charge in [0.15, 0.2) is 17.5 Å². The number of H-pyrrole nitrogens is 3. The van der Waals surface area contributed by atoms with Gasteiger partial charge in [0, 0.05) is 192 Å². The van der Waals surface area contributed by atoms with Crippen molar-refractivity contribution in [2.24, 2.45) is 4.99 Å². The Morgan fingerprint density at radius 2 is 0.639 bits per heavy atom. The highest BCUT2D eigenvalue weighted by Gasteiger charge is 2.28. The summed E-state index contributed by atoms with van der Waals surface area (Å²) in [5.41, 5.74) is 15.0. The molecule has 5 aliphatic heterocycles. The van der Waals surface area contributed by atoms with E-state index in [0.717, 1.165) is 171 Å². The maximum Gasteiger partial charge on any atom is 0.151 e. The first-order valence-electron chi connectivity index (χ1n) is 47.0. The number of aromatic nitrogens is 12. The minimum Gasteiger partial charge on any atom is -0.486 e. The number of rotatable bonds is 28. The molecule has 6 aromatic carbocycles. The van der Waals surface area contributed by atoms with Gasteiger partial charge in [0.05, 0.1) is 114 Å². The van der Waals surface area contributed by atoms with Gasteiger partial charge in [-0.3, -0.25) is 69.8 Å². The Labute approximate surface area is 865 Å². The van der Waals surface area contributed by atoms with Crippen molar-refractivity contribution in [3.8, 4) is 23.0 Å². The zero-order chi connectivity index (χ0) is 100. The predicted octanol–water partition coefficient (Wildman–Crippen LogP) is 25.2. The molecule has 4 saturated heterocycles. The molecule has 144 heavy (non-hydrogen) atoms. The van der Waals surface area contributed by atoms with Gasteiger partial charge >= 0.3 is 0 Å². The molecule has 9 aromatic heterocycles. The third kappa shape index (κ3) is 26.8. The second-order valence-electron chi connectivity index (χ2n) is 34.9. The van der Waals surface area contributed by atoms with E-state index >= 15 is 17.6 Å². The largest absolute Gasteiger partial charge is 0.486 e. The van der Waals surface area contributed by atoms with Crippen LogP contribution in [0.25, 0.3) is 74.5 Å². The van der Waals surface area contributed by atoms with E-state index in [2.05, 4.69) is 85.1 Å². The molecule has 3 N–H and O–H groups in total. The SMILES string of the molecule is C[C@@H](Oc1ccc2[nH]nc(/C(F)=C\c3ccc(CN4CCOCC4)nc3)c2c1)c1c(Cl)cccc1Cl.C[C@@H](Oc1ccc2c(c1)C(/C(F)=C/c1ccc(CN3CCOCC3)nc1)=NC2)c1c(Cl)cncc1Cl.C[C@H](Oc1ccc2[nH]nc(/C(F)=C\c3ccc(CN4CCOCC4)nc3)c2c1)c1c(Cl)cccc1Cl.Cc1cncc(Cl)c1C(C)Oc1ccc2[nH]nc(/C(F)=C/c3ccc(CN4CCOCC4)nc3)c2c1. The lowest BCUT2D eigenvalue weighted by atomic mass is 10.0. The molecule has 744 valence electrons. The number of nitrogens with zero attached hydrogens (tertiary/aromatic N) is 14. The van der Waals surface area contributed by atoms with Crippen molar-refractivity contribution in [3.05, 3.63) is 349 Å². The van der Waals surface area contributed by atoms with Crippen LogP contribution in [0.2, 0.25) is 35.2 Å². The minimum atomic E-state index is -0.469. The number of aromatic amines is 3. The number of nitrogens with one attached hydrogen (secondary N) is 3. The lowest BCUT2D eigenvalue weighted by Crippen LogP contribution is -2.35. The van der Waals surface area contributed by atoms with E-state index in [0.29, 0.717) is 148 Å².